The van der Waals surface area contributed by atoms with E-state index < -0.39 is 11.7 Å². The Kier molecular flexibility index (Phi) is 2.86. The molecule has 20 heavy (non-hydrogen) atoms. The summed E-state index contributed by atoms with van der Waals surface area (Å²) in [6.07, 6.45) is -1.53. The van der Waals surface area contributed by atoms with Crippen molar-refractivity contribution in [3.63, 3.8) is 0 Å². The van der Waals surface area contributed by atoms with Crippen LogP contribution >= 0.6 is 11.8 Å². The van der Waals surface area contributed by atoms with Gasteiger partial charge in [0.25, 0.3) is 0 Å². The number of fused-ring (bicyclic) bond motifs is 1. The van der Waals surface area contributed by atoms with Gasteiger partial charge in [-0.2, -0.15) is 22.5 Å². The largest absolute Gasteiger partial charge is 0.416 e. The van der Waals surface area contributed by atoms with E-state index in [1.54, 1.807) is 0 Å². The summed E-state index contributed by atoms with van der Waals surface area (Å²) < 4.78 is 39.1. The first kappa shape index (κ1) is 12.9. The molecule has 0 saturated carbocycles. The number of hydrogen-bond acceptors (Lipinski definition) is 3. The molecule has 2 heterocycles. The lowest BCUT2D eigenvalue weighted by atomic mass is 10.1. The van der Waals surface area contributed by atoms with Crippen LogP contribution < -0.4 is 0 Å². The third kappa shape index (κ3) is 2.32. The molecule has 0 N–H and O–H groups in total. The minimum absolute atomic E-state index is 0.188. The molecule has 0 atom stereocenters. The van der Waals surface area contributed by atoms with Crippen molar-refractivity contribution in [1.29, 1.82) is 0 Å². The second kappa shape index (κ2) is 4.45. The number of nitrogens with zero attached hydrogens (tertiary/aromatic N) is 4. The highest BCUT2D eigenvalue weighted by molar-refractivity contribution is 6.15. The van der Waals surface area contributed by atoms with Crippen molar-refractivity contribution in [2.75, 3.05) is 0 Å². The van der Waals surface area contributed by atoms with Crippen LogP contribution in [-0.2, 0) is 6.18 Å². The standard InChI is InChI=1S/C12H6ClF3N4/c13-20-6-10-9(19-20)5-17-11(18-10)7-2-1-3-8(4-7)12(14,15)16/h1-6H. The lowest BCUT2D eigenvalue weighted by molar-refractivity contribution is -0.137. The Hall–Kier alpha value is -2.15. The Morgan fingerprint density at radius 1 is 1.15 bits per heavy atom. The molecule has 0 aliphatic heterocycles. The first-order valence-electron chi connectivity index (χ1n) is 5.50. The monoisotopic (exact) mass is 298 g/mol. The van der Waals surface area contributed by atoms with Crippen LogP contribution in [0, 0.1) is 0 Å². The smallest absolute Gasteiger partial charge is 0.234 e. The van der Waals surface area contributed by atoms with Crippen molar-refractivity contribution in [2.45, 2.75) is 6.18 Å². The van der Waals surface area contributed by atoms with Gasteiger partial charge in [0.1, 0.15) is 11.0 Å². The van der Waals surface area contributed by atoms with Crippen molar-refractivity contribution in [3.8, 4) is 11.4 Å². The quantitative estimate of drug-likeness (QED) is 0.690. The van der Waals surface area contributed by atoms with Gasteiger partial charge < -0.3 is 0 Å². The fourth-order valence-corrected chi connectivity index (χ4v) is 1.94. The minimum atomic E-state index is -4.40. The van der Waals surface area contributed by atoms with E-state index in [1.165, 1.54) is 24.5 Å². The number of hydrogen-bond donors (Lipinski definition) is 0. The minimum Gasteiger partial charge on any atom is -0.234 e. The highest BCUT2D eigenvalue weighted by Gasteiger charge is 2.30. The lowest BCUT2D eigenvalue weighted by Gasteiger charge is -2.07. The van der Waals surface area contributed by atoms with Crippen LogP contribution in [0.3, 0.4) is 0 Å². The fraction of sp³-hybridized carbons (Fsp3) is 0.0833. The molecule has 102 valence electrons. The summed E-state index contributed by atoms with van der Waals surface area (Å²) in [6, 6.07) is 4.84. The number of alkyl halides is 3. The Morgan fingerprint density at radius 3 is 2.70 bits per heavy atom. The SMILES string of the molecule is FC(F)(F)c1cccc(-c2ncc3nn(Cl)cc3n2)c1. The van der Waals surface area contributed by atoms with Gasteiger partial charge in [0.05, 0.1) is 18.0 Å². The van der Waals surface area contributed by atoms with Crippen LogP contribution in [-0.4, -0.2) is 19.3 Å². The van der Waals surface area contributed by atoms with Crippen molar-refractivity contribution in [2.24, 2.45) is 0 Å². The number of aromatic nitrogens is 4. The van der Waals surface area contributed by atoms with Crippen LogP contribution in [0.4, 0.5) is 13.2 Å². The first-order valence-corrected chi connectivity index (χ1v) is 5.83. The second-order valence-corrected chi connectivity index (χ2v) is 4.41. The summed E-state index contributed by atoms with van der Waals surface area (Å²) in [5, 5.41) is 3.88. The topological polar surface area (TPSA) is 43.6 Å². The molecule has 0 unspecified atom stereocenters. The molecule has 1 aromatic carbocycles. The van der Waals surface area contributed by atoms with Gasteiger partial charge in [-0.25, -0.2) is 9.97 Å². The molecular formula is C12H6ClF3N4. The van der Waals surface area contributed by atoms with E-state index in [4.69, 9.17) is 11.8 Å². The molecule has 0 aliphatic carbocycles. The van der Waals surface area contributed by atoms with Crippen molar-refractivity contribution in [1.82, 2.24) is 19.3 Å². The Morgan fingerprint density at radius 2 is 1.95 bits per heavy atom. The van der Waals surface area contributed by atoms with Gasteiger partial charge in [0.15, 0.2) is 5.82 Å². The van der Waals surface area contributed by atoms with Crippen LogP contribution in [0.1, 0.15) is 5.56 Å². The molecule has 0 radical (unpaired) electrons. The maximum atomic E-state index is 12.7. The average Bonchev–Trinajstić information content (AvgIpc) is 2.77. The first-order chi connectivity index (χ1) is 9.43. The van der Waals surface area contributed by atoms with Crippen LogP contribution in [0.5, 0.6) is 0 Å². The Balaban J connectivity index is 2.10. The fourth-order valence-electron chi connectivity index (χ4n) is 1.77. The van der Waals surface area contributed by atoms with Crippen molar-refractivity contribution < 1.29 is 13.2 Å². The number of halogens is 4. The zero-order valence-corrected chi connectivity index (χ0v) is 10.5. The zero-order valence-electron chi connectivity index (χ0n) is 9.76. The summed E-state index contributed by atoms with van der Waals surface area (Å²) in [4.78, 5) is 8.14. The summed E-state index contributed by atoms with van der Waals surface area (Å²) in [7, 11) is 0. The van der Waals surface area contributed by atoms with E-state index >= 15 is 0 Å². The molecule has 0 fully saturated rings. The van der Waals surface area contributed by atoms with Gasteiger partial charge >= 0.3 is 6.18 Å². The van der Waals surface area contributed by atoms with Crippen LogP contribution in [0.15, 0.2) is 36.7 Å². The second-order valence-electron chi connectivity index (χ2n) is 4.06. The van der Waals surface area contributed by atoms with Gasteiger partial charge in [-0.1, -0.05) is 12.1 Å². The predicted octanol–water partition coefficient (Wildman–Crippen LogP) is 3.51. The molecule has 0 spiro atoms. The van der Waals surface area contributed by atoms with Gasteiger partial charge in [-0.3, -0.25) is 0 Å². The highest BCUT2D eigenvalue weighted by Crippen LogP contribution is 2.31. The molecule has 0 aliphatic rings. The lowest BCUT2D eigenvalue weighted by Crippen LogP contribution is -2.04. The van der Waals surface area contributed by atoms with E-state index in [-0.39, 0.29) is 11.4 Å². The number of rotatable bonds is 1. The van der Waals surface area contributed by atoms with E-state index in [9.17, 15) is 13.2 Å². The average molecular weight is 299 g/mol. The van der Waals surface area contributed by atoms with Gasteiger partial charge in [0.2, 0.25) is 0 Å². The van der Waals surface area contributed by atoms with E-state index in [0.29, 0.717) is 11.0 Å². The molecule has 4 nitrogen and oxygen atoms in total. The van der Waals surface area contributed by atoms with Gasteiger partial charge in [-0.15, -0.1) is 0 Å². The van der Waals surface area contributed by atoms with E-state index in [0.717, 1.165) is 16.3 Å². The third-order valence-electron chi connectivity index (χ3n) is 2.68. The highest BCUT2D eigenvalue weighted by atomic mass is 35.5. The molecule has 8 heteroatoms. The maximum absolute atomic E-state index is 12.7. The van der Waals surface area contributed by atoms with Crippen LogP contribution in [0.25, 0.3) is 22.4 Å². The summed E-state index contributed by atoms with van der Waals surface area (Å²) in [5.74, 6) is 0.188. The van der Waals surface area contributed by atoms with E-state index in [1.807, 2.05) is 0 Å². The Bertz CT molecular complexity index is 782. The Labute approximate surface area is 115 Å². The summed E-state index contributed by atoms with van der Waals surface area (Å²) >= 11 is 5.66. The van der Waals surface area contributed by atoms with Crippen molar-refractivity contribution >= 4 is 22.8 Å². The van der Waals surface area contributed by atoms with Crippen LogP contribution in [0.2, 0.25) is 0 Å². The summed E-state index contributed by atoms with van der Waals surface area (Å²) in [6.45, 7) is 0. The molecule has 0 saturated heterocycles. The van der Waals surface area contributed by atoms with Gasteiger partial charge in [0, 0.05) is 17.3 Å². The normalized spacial score (nSPS) is 12.0. The predicted molar refractivity (Wildman–Crippen MR) is 67.0 cm³/mol. The molecule has 3 rings (SSSR count). The summed E-state index contributed by atoms with van der Waals surface area (Å²) in [5.41, 5.74) is 0.467. The van der Waals surface area contributed by atoms with E-state index in [2.05, 4.69) is 15.1 Å². The maximum Gasteiger partial charge on any atom is 0.416 e. The molecule has 0 amide bonds. The van der Waals surface area contributed by atoms with Gasteiger partial charge in [-0.05, 0) is 12.1 Å². The molecule has 3 aromatic rings. The van der Waals surface area contributed by atoms with Crippen molar-refractivity contribution in [3.05, 3.63) is 42.2 Å². The molecule has 0 bridgehead atoms. The zero-order chi connectivity index (χ0) is 14.3. The third-order valence-corrected chi connectivity index (χ3v) is 2.85. The number of benzene rings is 1. The molecule has 2 aromatic heterocycles. The molecular weight excluding hydrogens is 293 g/mol.